The highest BCUT2D eigenvalue weighted by Gasteiger charge is 2.37. The molecule has 0 radical (unpaired) electrons. The molecule has 2 rings (SSSR count). The number of sulfonamides is 1. The number of carbonyl (C=O) groups excluding carboxylic acids is 1. The van der Waals surface area contributed by atoms with E-state index in [9.17, 15) is 30.4 Å². The van der Waals surface area contributed by atoms with Gasteiger partial charge in [0.25, 0.3) is 0 Å². The number of nitrogens with one attached hydrogen (secondary N) is 1. The van der Waals surface area contributed by atoms with Crippen molar-refractivity contribution < 1.29 is 39.5 Å². The van der Waals surface area contributed by atoms with E-state index in [-0.39, 0.29) is 6.42 Å². The van der Waals surface area contributed by atoms with Crippen LogP contribution in [0.15, 0.2) is 9.79 Å². The first kappa shape index (κ1) is 26.4. The van der Waals surface area contributed by atoms with Crippen molar-refractivity contribution in [3.05, 3.63) is 17.5 Å². The number of esters is 1. The van der Waals surface area contributed by atoms with Gasteiger partial charge in [0.05, 0.1) is 11.4 Å². The highest BCUT2D eigenvalue weighted by molar-refractivity contribution is 7.91. The molecule has 1 aliphatic carbocycles. The summed E-state index contributed by atoms with van der Waals surface area (Å²) in [6.07, 6.45) is 5.24. The first-order valence-electron chi connectivity index (χ1n) is 10.3. The third-order valence-electron chi connectivity index (χ3n) is 5.19. The second-order valence-electron chi connectivity index (χ2n) is 7.60. The SMILES string of the molecule is CCC(=O)OCCS(=O)(=O)c1c(F)c(F)c(S(N)(=O)=O)c(F)c1NC1CCCCCCC1. The van der Waals surface area contributed by atoms with Gasteiger partial charge in [-0.1, -0.05) is 39.0 Å². The molecule has 13 heteroatoms. The molecular formula is C19H27F3N2O6S2. The van der Waals surface area contributed by atoms with Gasteiger partial charge in [0.2, 0.25) is 10.0 Å². The van der Waals surface area contributed by atoms with Gasteiger partial charge in [0, 0.05) is 12.5 Å². The number of anilines is 1. The molecule has 0 aromatic heterocycles. The zero-order chi connectivity index (χ0) is 24.1. The minimum atomic E-state index is -5.05. The quantitative estimate of drug-likeness (QED) is 0.414. The molecule has 8 nitrogen and oxygen atoms in total. The van der Waals surface area contributed by atoms with Gasteiger partial charge in [-0.15, -0.1) is 0 Å². The van der Waals surface area contributed by atoms with Crippen LogP contribution in [0.3, 0.4) is 0 Å². The molecule has 0 heterocycles. The molecule has 32 heavy (non-hydrogen) atoms. The second kappa shape index (κ2) is 10.8. The predicted molar refractivity (Wildman–Crippen MR) is 111 cm³/mol. The van der Waals surface area contributed by atoms with Crippen LogP contribution in [-0.2, 0) is 29.4 Å². The largest absolute Gasteiger partial charge is 0.465 e. The normalized spacial score (nSPS) is 16.3. The molecule has 3 N–H and O–H groups in total. The number of benzene rings is 1. The molecular weight excluding hydrogens is 473 g/mol. The summed E-state index contributed by atoms with van der Waals surface area (Å²) in [7, 11) is -9.78. The van der Waals surface area contributed by atoms with E-state index >= 15 is 4.39 Å². The van der Waals surface area contributed by atoms with E-state index in [1.165, 1.54) is 6.92 Å². The van der Waals surface area contributed by atoms with Crippen molar-refractivity contribution >= 4 is 31.5 Å². The van der Waals surface area contributed by atoms with Gasteiger partial charge in [0.1, 0.15) is 11.5 Å². The first-order chi connectivity index (χ1) is 14.9. The van der Waals surface area contributed by atoms with E-state index in [4.69, 9.17) is 5.14 Å². The summed E-state index contributed by atoms with van der Waals surface area (Å²) in [5.74, 6) is -7.77. The van der Waals surface area contributed by atoms with Crippen molar-refractivity contribution in [1.82, 2.24) is 0 Å². The average Bonchev–Trinajstić information content (AvgIpc) is 2.66. The fourth-order valence-corrected chi connectivity index (χ4v) is 5.58. The number of hydrogen-bond donors (Lipinski definition) is 2. The van der Waals surface area contributed by atoms with Crippen LogP contribution in [0.4, 0.5) is 18.9 Å². The summed E-state index contributed by atoms with van der Waals surface area (Å²) in [6.45, 7) is 0.807. The summed E-state index contributed by atoms with van der Waals surface area (Å²) < 4.78 is 98.2. The lowest BCUT2D eigenvalue weighted by Crippen LogP contribution is -2.27. The van der Waals surface area contributed by atoms with Crippen LogP contribution in [0.2, 0.25) is 0 Å². The van der Waals surface area contributed by atoms with Crippen molar-refractivity contribution in [2.75, 3.05) is 17.7 Å². The van der Waals surface area contributed by atoms with E-state index < -0.39 is 77.2 Å². The maximum atomic E-state index is 15.2. The molecule has 182 valence electrons. The van der Waals surface area contributed by atoms with Crippen LogP contribution >= 0.6 is 0 Å². The molecule has 0 amide bonds. The first-order valence-corrected chi connectivity index (χ1v) is 13.5. The Morgan fingerprint density at radius 3 is 2.03 bits per heavy atom. The molecule has 0 atom stereocenters. The summed E-state index contributed by atoms with van der Waals surface area (Å²) in [5.41, 5.74) is -0.986. The van der Waals surface area contributed by atoms with Crippen molar-refractivity contribution in [2.45, 2.75) is 74.1 Å². The fourth-order valence-electron chi connectivity index (χ4n) is 3.56. The lowest BCUT2D eigenvalue weighted by molar-refractivity contribution is -0.142. The topological polar surface area (TPSA) is 133 Å². The molecule has 0 unspecified atom stereocenters. The van der Waals surface area contributed by atoms with Crippen LogP contribution in [0.1, 0.15) is 58.3 Å². The lowest BCUT2D eigenvalue weighted by atomic mass is 9.96. The Hall–Kier alpha value is -1.86. The minimum Gasteiger partial charge on any atom is -0.465 e. The summed E-state index contributed by atoms with van der Waals surface area (Å²) >= 11 is 0. The van der Waals surface area contributed by atoms with Gasteiger partial charge >= 0.3 is 5.97 Å². The number of hydrogen-bond acceptors (Lipinski definition) is 7. The van der Waals surface area contributed by atoms with Gasteiger partial charge in [-0.05, 0) is 12.8 Å². The fraction of sp³-hybridized carbons (Fsp3) is 0.632. The van der Waals surface area contributed by atoms with E-state index in [2.05, 4.69) is 10.1 Å². The number of nitrogens with two attached hydrogens (primary N) is 1. The summed E-state index contributed by atoms with van der Waals surface area (Å²) in [5, 5.41) is 7.45. The predicted octanol–water partition coefficient (Wildman–Crippen LogP) is 3.00. The molecule has 0 aliphatic heterocycles. The number of sulfone groups is 1. The molecule has 1 aromatic rings. The third-order valence-corrected chi connectivity index (χ3v) is 7.83. The van der Waals surface area contributed by atoms with E-state index in [1.807, 2.05) is 0 Å². The van der Waals surface area contributed by atoms with E-state index in [0.717, 1.165) is 32.1 Å². The maximum absolute atomic E-state index is 15.2. The standard InChI is InChI=1S/C19H27F3N2O6S2/c1-2-13(25)30-10-11-31(26,27)19-15(21)14(20)18(32(23,28)29)16(22)17(19)24-12-8-6-4-3-5-7-9-12/h12,24H,2-11H2,1H3,(H2,23,28,29). The molecule has 0 saturated heterocycles. The van der Waals surface area contributed by atoms with Crippen LogP contribution in [-0.4, -0.2) is 41.2 Å². The molecule has 1 aliphatic rings. The minimum absolute atomic E-state index is 0.0325. The van der Waals surface area contributed by atoms with Crippen molar-refractivity contribution in [3.8, 4) is 0 Å². The Morgan fingerprint density at radius 1 is 0.969 bits per heavy atom. The Kier molecular flexibility index (Phi) is 8.94. The van der Waals surface area contributed by atoms with Gasteiger partial charge in [-0.3, -0.25) is 4.79 Å². The number of ether oxygens (including phenoxy) is 1. The Balaban J connectivity index is 2.59. The monoisotopic (exact) mass is 500 g/mol. The lowest BCUT2D eigenvalue weighted by Gasteiger charge is -2.25. The van der Waals surface area contributed by atoms with E-state index in [0.29, 0.717) is 12.8 Å². The summed E-state index contributed by atoms with van der Waals surface area (Å²) in [4.78, 5) is 8.15. The molecule has 0 bridgehead atoms. The third kappa shape index (κ3) is 6.35. The highest BCUT2D eigenvalue weighted by atomic mass is 32.2. The Bertz CT molecular complexity index is 1050. The van der Waals surface area contributed by atoms with Crippen LogP contribution in [0.25, 0.3) is 0 Å². The molecule has 1 saturated carbocycles. The van der Waals surface area contributed by atoms with Crippen LogP contribution in [0, 0.1) is 17.5 Å². The summed E-state index contributed by atoms with van der Waals surface area (Å²) in [6, 6.07) is -0.491. The number of primary sulfonamides is 1. The molecule has 0 spiro atoms. The Labute approximate surface area is 185 Å². The van der Waals surface area contributed by atoms with Gasteiger partial charge in [-0.2, -0.15) is 0 Å². The zero-order valence-electron chi connectivity index (χ0n) is 17.6. The van der Waals surface area contributed by atoms with Crippen molar-refractivity contribution in [3.63, 3.8) is 0 Å². The van der Waals surface area contributed by atoms with Gasteiger partial charge in [-0.25, -0.2) is 35.1 Å². The van der Waals surface area contributed by atoms with Crippen molar-refractivity contribution in [2.24, 2.45) is 5.14 Å². The second-order valence-corrected chi connectivity index (χ2v) is 11.1. The number of halogens is 3. The molecule has 1 aromatic carbocycles. The van der Waals surface area contributed by atoms with Gasteiger partial charge in [0.15, 0.2) is 32.2 Å². The van der Waals surface area contributed by atoms with Gasteiger partial charge < -0.3 is 10.1 Å². The van der Waals surface area contributed by atoms with E-state index in [1.54, 1.807) is 0 Å². The van der Waals surface area contributed by atoms with Crippen LogP contribution in [0.5, 0.6) is 0 Å². The van der Waals surface area contributed by atoms with Crippen molar-refractivity contribution in [1.29, 1.82) is 0 Å². The number of carbonyl (C=O) groups is 1. The number of rotatable bonds is 8. The highest BCUT2D eigenvalue weighted by Crippen LogP contribution is 2.36. The Morgan fingerprint density at radius 2 is 1.50 bits per heavy atom. The molecule has 1 fully saturated rings. The average molecular weight is 501 g/mol. The maximum Gasteiger partial charge on any atom is 0.305 e. The smallest absolute Gasteiger partial charge is 0.305 e. The zero-order valence-corrected chi connectivity index (χ0v) is 19.3. The van der Waals surface area contributed by atoms with Crippen LogP contribution < -0.4 is 10.5 Å².